The van der Waals surface area contributed by atoms with E-state index in [2.05, 4.69) is 0 Å². The largest absolute Gasteiger partial charge is 0.493 e. The van der Waals surface area contributed by atoms with Crippen LogP contribution in [-0.2, 0) is 17.6 Å². The monoisotopic (exact) mass is 259 g/mol. The first-order valence-electron chi connectivity index (χ1n) is 6.19. The van der Waals surface area contributed by atoms with Gasteiger partial charge in [-0.05, 0) is 36.8 Å². The maximum atomic E-state index is 10.8. The molecule has 0 spiro atoms. The van der Waals surface area contributed by atoms with Crippen LogP contribution in [0.1, 0.15) is 17.1 Å². The fourth-order valence-electron chi connectivity index (χ4n) is 1.79. The Labute approximate surface area is 112 Å². The number of hydrogen-bond donors (Lipinski definition) is 1. The molecular weight excluding hydrogens is 242 g/mol. The molecule has 0 unspecified atom stereocenters. The predicted octanol–water partition coefficient (Wildman–Crippen LogP) is 2.24. The van der Waals surface area contributed by atoms with Crippen LogP contribution >= 0.6 is 0 Å². The van der Waals surface area contributed by atoms with Gasteiger partial charge in [-0.2, -0.15) is 0 Å². The van der Waals surface area contributed by atoms with Gasteiger partial charge in [0, 0.05) is 6.42 Å². The maximum absolute atomic E-state index is 10.8. The number of furan rings is 1. The van der Waals surface area contributed by atoms with E-state index in [1.165, 1.54) is 0 Å². The summed E-state index contributed by atoms with van der Waals surface area (Å²) in [6, 6.07) is 11.3. The second-order valence-corrected chi connectivity index (χ2v) is 4.40. The van der Waals surface area contributed by atoms with Gasteiger partial charge in [-0.1, -0.05) is 12.1 Å². The second kappa shape index (κ2) is 6.09. The third kappa shape index (κ3) is 4.17. The standard InChI is InChI=1S/C15H17NO3/c1-11-2-5-14(19-11)8-9-18-13-6-3-12(4-7-13)10-15(16)17/h2-7H,8-10H2,1H3,(H2,16,17). The van der Waals surface area contributed by atoms with Crippen LogP contribution in [0, 0.1) is 6.92 Å². The maximum Gasteiger partial charge on any atom is 0.221 e. The number of ether oxygens (including phenoxy) is 1. The molecule has 0 saturated carbocycles. The normalized spacial score (nSPS) is 10.4. The molecule has 1 aromatic heterocycles. The number of nitrogens with two attached hydrogens (primary N) is 1. The molecule has 2 rings (SSSR count). The van der Waals surface area contributed by atoms with E-state index in [9.17, 15) is 4.79 Å². The Kier molecular flexibility index (Phi) is 4.23. The lowest BCUT2D eigenvalue weighted by Gasteiger charge is -2.05. The Morgan fingerprint density at radius 1 is 1.21 bits per heavy atom. The molecule has 0 aliphatic rings. The molecule has 0 aliphatic heterocycles. The number of rotatable bonds is 6. The summed E-state index contributed by atoms with van der Waals surface area (Å²) in [4.78, 5) is 10.8. The fourth-order valence-corrected chi connectivity index (χ4v) is 1.79. The molecule has 0 fully saturated rings. The number of primary amides is 1. The van der Waals surface area contributed by atoms with Gasteiger partial charge in [0.15, 0.2) is 0 Å². The van der Waals surface area contributed by atoms with E-state index < -0.39 is 0 Å². The number of amides is 1. The average molecular weight is 259 g/mol. The summed E-state index contributed by atoms with van der Waals surface area (Å²) in [5.74, 6) is 2.27. The van der Waals surface area contributed by atoms with Crippen LogP contribution < -0.4 is 10.5 Å². The van der Waals surface area contributed by atoms with E-state index in [0.29, 0.717) is 6.61 Å². The highest BCUT2D eigenvalue weighted by Crippen LogP contribution is 2.13. The molecule has 100 valence electrons. The van der Waals surface area contributed by atoms with Crippen LogP contribution in [0.5, 0.6) is 5.75 Å². The highest BCUT2D eigenvalue weighted by atomic mass is 16.5. The molecule has 1 amide bonds. The summed E-state index contributed by atoms with van der Waals surface area (Å²) in [6.07, 6.45) is 0.989. The molecule has 0 aliphatic carbocycles. The van der Waals surface area contributed by atoms with E-state index in [0.717, 1.165) is 29.3 Å². The smallest absolute Gasteiger partial charge is 0.221 e. The number of hydrogen-bond acceptors (Lipinski definition) is 3. The van der Waals surface area contributed by atoms with E-state index in [-0.39, 0.29) is 12.3 Å². The zero-order valence-corrected chi connectivity index (χ0v) is 10.9. The van der Waals surface area contributed by atoms with Crippen molar-refractivity contribution in [3.63, 3.8) is 0 Å². The quantitative estimate of drug-likeness (QED) is 0.865. The van der Waals surface area contributed by atoms with Gasteiger partial charge in [0.05, 0.1) is 13.0 Å². The van der Waals surface area contributed by atoms with Crippen molar-refractivity contribution in [3.8, 4) is 5.75 Å². The molecule has 19 heavy (non-hydrogen) atoms. The van der Waals surface area contributed by atoms with Crippen LogP contribution in [0.15, 0.2) is 40.8 Å². The van der Waals surface area contributed by atoms with Gasteiger partial charge in [0.2, 0.25) is 5.91 Å². The van der Waals surface area contributed by atoms with Crippen molar-refractivity contribution in [1.29, 1.82) is 0 Å². The lowest BCUT2D eigenvalue weighted by atomic mass is 10.1. The van der Waals surface area contributed by atoms with Crippen LogP contribution in [0.2, 0.25) is 0 Å². The molecule has 0 bridgehead atoms. The zero-order chi connectivity index (χ0) is 13.7. The molecule has 0 saturated heterocycles. The van der Waals surface area contributed by atoms with Gasteiger partial charge in [-0.15, -0.1) is 0 Å². The van der Waals surface area contributed by atoms with Gasteiger partial charge < -0.3 is 14.9 Å². The van der Waals surface area contributed by atoms with Crippen molar-refractivity contribution in [2.24, 2.45) is 5.73 Å². The van der Waals surface area contributed by atoms with Crippen LogP contribution in [0.4, 0.5) is 0 Å². The minimum atomic E-state index is -0.332. The van der Waals surface area contributed by atoms with Crippen molar-refractivity contribution in [3.05, 3.63) is 53.5 Å². The van der Waals surface area contributed by atoms with Crippen LogP contribution in [0.25, 0.3) is 0 Å². The lowest BCUT2D eigenvalue weighted by Crippen LogP contribution is -2.13. The topological polar surface area (TPSA) is 65.5 Å². The van der Waals surface area contributed by atoms with Gasteiger partial charge in [-0.3, -0.25) is 4.79 Å². The molecule has 1 heterocycles. The van der Waals surface area contributed by atoms with E-state index in [4.69, 9.17) is 14.9 Å². The first-order chi connectivity index (χ1) is 9.13. The van der Waals surface area contributed by atoms with Crippen LogP contribution in [0.3, 0.4) is 0 Å². The Balaban J connectivity index is 1.81. The summed E-state index contributed by atoms with van der Waals surface area (Å²) < 4.78 is 11.1. The zero-order valence-electron chi connectivity index (χ0n) is 10.9. The minimum Gasteiger partial charge on any atom is -0.493 e. The summed E-state index contributed by atoms with van der Waals surface area (Å²) >= 11 is 0. The second-order valence-electron chi connectivity index (χ2n) is 4.40. The Morgan fingerprint density at radius 3 is 2.53 bits per heavy atom. The van der Waals surface area contributed by atoms with Crippen LogP contribution in [-0.4, -0.2) is 12.5 Å². The molecule has 4 nitrogen and oxygen atoms in total. The number of carbonyl (C=O) groups excluding carboxylic acids is 1. The predicted molar refractivity (Wildman–Crippen MR) is 72.0 cm³/mol. The first-order valence-corrected chi connectivity index (χ1v) is 6.19. The van der Waals surface area contributed by atoms with E-state index in [1.807, 2.05) is 43.3 Å². The molecule has 0 radical (unpaired) electrons. The fraction of sp³-hybridized carbons (Fsp3) is 0.267. The van der Waals surface area contributed by atoms with Crippen molar-refractivity contribution >= 4 is 5.91 Å². The van der Waals surface area contributed by atoms with Gasteiger partial charge in [-0.25, -0.2) is 0 Å². The van der Waals surface area contributed by atoms with Crippen molar-refractivity contribution in [2.45, 2.75) is 19.8 Å². The average Bonchev–Trinajstić information content (AvgIpc) is 2.77. The molecule has 4 heteroatoms. The summed E-state index contributed by atoms with van der Waals surface area (Å²) in [5.41, 5.74) is 6.02. The highest BCUT2D eigenvalue weighted by Gasteiger charge is 2.01. The SMILES string of the molecule is Cc1ccc(CCOc2ccc(CC(N)=O)cc2)o1. The highest BCUT2D eigenvalue weighted by molar-refractivity contribution is 5.76. The minimum absolute atomic E-state index is 0.256. The molecule has 1 aromatic carbocycles. The Morgan fingerprint density at radius 2 is 1.95 bits per heavy atom. The van der Waals surface area contributed by atoms with Crippen molar-refractivity contribution < 1.29 is 13.9 Å². The number of aryl methyl sites for hydroxylation is 1. The molecule has 2 aromatic rings. The van der Waals surface area contributed by atoms with Gasteiger partial charge in [0.25, 0.3) is 0 Å². The summed E-state index contributed by atoms with van der Waals surface area (Å²) in [7, 11) is 0. The number of benzene rings is 1. The lowest BCUT2D eigenvalue weighted by molar-refractivity contribution is -0.117. The van der Waals surface area contributed by atoms with E-state index in [1.54, 1.807) is 0 Å². The Hall–Kier alpha value is -2.23. The third-order valence-corrected chi connectivity index (χ3v) is 2.71. The van der Waals surface area contributed by atoms with Gasteiger partial charge >= 0.3 is 0 Å². The van der Waals surface area contributed by atoms with E-state index >= 15 is 0 Å². The first kappa shape index (κ1) is 13.2. The molecule has 2 N–H and O–H groups in total. The third-order valence-electron chi connectivity index (χ3n) is 2.71. The van der Waals surface area contributed by atoms with Gasteiger partial charge in [0.1, 0.15) is 17.3 Å². The summed E-state index contributed by atoms with van der Waals surface area (Å²) in [5, 5.41) is 0. The summed E-state index contributed by atoms with van der Waals surface area (Å²) in [6.45, 7) is 2.48. The Bertz CT molecular complexity index is 543. The molecular formula is C15H17NO3. The number of carbonyl (C=O) groups is 1. The molecule has 0 atom stereocenters. The van der Waals surface area contributed by atoms with Crippen molar-refractivity contribution in [1.82, 2.24) is 0 Å². The van der Waals surface area contributed by atoms with Crippen molar-refractivity contribution in [2.75, 3.05) is 6.61 Å².